The van der Waals surface area contributed by atoms with Crippen LogP contribution in [0.25, 0.3) is 0 Å². The Morgan fingerprint density at radius 3 is 2.44 bits per heavy atom. The van der Waals surface area contributed by atoms with Gasteiger partial charge in [-0.2, -0.15) is 0 Å². The lowest BCUT2D eigenvalue weighted by Gasteiger charge is -2.19. The van der Waals surface area contributed by atoms with Gasteiger partial charge in [0.15, 0.2) is 0 Å². The number of carboxylic acid groups (broad SMARTS) is 1. The molecule has 100 valence electrons. The summed E-state index contributed by atoms with van der Waals surface area (Å²) in [6.07, 6.45) is 1.60. The highest BCUT2D eigenvalue weighted by Crippen LogP contribution is 2.07. The molecule has 2 atom stereocenters. The molecule has 0 amide bonds. The number of nitrogens with one attached hydrogen (secondary N) is 1. The van der Waals surface area contributed by atoms with Crippen LogP contribution in [0.5, 0.6) is 0 Å². The predicted octanol–water partition coefficient (Wildman–Crippen LogP) is 2.60. The zero-order chi connectivity index (χ0) is 13.5. The van der Waals surface area contributed by atoms with Gasteiger partial charge >= 0.3 is 5.97 Å². The highest BCUT2D eigenvalue weighted by Gasteiger charge is 2.09. The zero-order valence-electron chi connectivity index (χ0n) is 10.8. The van der Waals surface area contributed by atoms with Crippen molar-refractivity contribution in [3.8, 4) is 0 Å². The molecule has 18 heavy (non-hydrogen) atoms. The minimum Gasteiger partial charge on any atom is -0.481 e. The van der Waals surface area contributed by atoms with Crippen LogP contribution in [0.4, 0.5) is 4.39 Å². The molecule has 1 rings (SSSR count). The maximum Gasteiger partial charge on any atom is 0.303 e. The van der Waals surface area contributed by atoms with Crippen molar-refractivity contribution in [2.24, 2.45) is 0 Å². The Bertz CT molecular complexity index is 378. The second-order valence-corrected chi connectivity index (χ2v) is 4.73. The molecule has 4 heteroatoms. The van der Waals surface area contributed by atoms with Crippen molar-refractivity contribution in [1.82, 2.24) is 5.32 Å². The summed E-state index contributed by atoms with van der Waals surface area (Å²) in [7, 11) is 0. The summed E-state index contributed by atoms with van der Waals surface area (Å²) < 4.78 is 12.7. The van der Waals surface area contributed by atoms with Gasteiger partial charge in [-0.05, 0) is 44.4 Å². The normalized spacial score (nSPS) is 14.2. The van der Waals surface area contributed by atoms with Gasteiger partial charge in [0.2, 0.25) is 0 Å². The molecule has 0 saturated carbocycles. The van der Waals surface area contributed by atoms with E-state index in [1.165, 1.54) is 12.1 Å². The Labute approximate surface area is 107 Å². The Kier molecular flexibility index (Phi) is 5.78. The van der Waals surface area contributed by atoms with Crippen molar-refractivity contribution in [3.63, 3.8) is 0 Å². The number of carboxylic acids is 1. The van der Waals surface area contributed by atoms with Gasteiger partial charge in [-0.15, -0.1) is 0 Å². The minimum absolute atomic E-state index is 0.163. The fourth-order valence-electron chi connectivity index (χ4n) is 1.94. The second kappa shape index (κ2) is 7.11. The standard InChI is InChI=1S/C14H20FNO2/c1-10(3-8-14(17)18)16-11(2)9-12-4-6-13(15)7-5-12/h4-7,10-11,16H,3,8-9H2,1-2H3,(H,17,18). The van der Waals surface area contributed by atoms with Gasteiger partial charge in [0.05, 0.1) is 0 Å². The van der Waals surface area contributed by atoms with Crippen LogP contribution in [0.2, 0.25) is 0 Å². The molecular formula is C14H20FNO2. The highest BCUT2D eigenvalue weighted by atomic mass is 19.1. The van der Waals surface area contributed by atoms with Gasteiger partial charge in [0, 0.05) is 18.5 Å². The second-order valence-electron chi connectivity index (χ2n) is 4.73. The minimum atomic E-state index is -0.769. The van der Waals surface area contributed by atoms with Crippen LogP contribution < -0.4 is 5.32 Å². The molecule has 3 nitrogen and oxygen atoms in total. The first-order valence-corrected chi connectivity index (χ1v) is 6.19. The fraction of sp³-hybridized carbons (Fsp3) is 0.500. The number of hydrogen-bond acceptors (Lipinski definition) is 2. The van der Waals surface area contributed by atoms with E-state index in [0.29, 0.717) is 6.42 Å². The lowest BCUT2D eigenvalue weighted by atomic mass is 10.1. The number of hydrogen-bond donors (Lipinski definition) is 2. The van der Waals surface area contributed by atoms with Crippen LogP contribution in [0.3, 0.4) is 0 Å². The number of rotatable bonds is 7. The van der Waals surface area contributed by atoms with Crippen LogP contribution in [0.15, 0.2) is 24.3 Å². The Morgan fingerprint density at radius 2 is 1.89 bits per heavy atom. The van der Waals surface area contributed by atoms with E-state index >= 15 is 0 Å². The van der Waals surface area contributed by atoms with E-state index in [-0.39, 0.29) is 24.3 Å². The highest BCUT2D eigenvalue weighted by molar-refractivity contribution is 5.66. The van der Waals surface area contributed by atoms with E-state index in [0.717, 1.165) is 12.0 Å². The predicted molar refractivity (Wildman–Crippen MR) is 69.0 cm³/mol. The average Bonchev–Trinajstić information content (AvgIpc) is 2.29. The Balaban J connectivity index is 2.34. The van der Waals surface area contributed by atoms with Gasteiger partial charge in [-0.1, -0.05) is 12.1 Å². The first-order valence-electron chi connectivity index (χ1n) is 6.19. The molecule has 0 aromatic heterocycles. The van der Waals surface area contributed by atoms with E-state index in [1.807, 2.05) is 13.8 Å². The molecule has 0 aliphatic heterocycles. The maximum atomic E-state index is 12.7. The largest absolute Gasteiger partial charge is 0.481 e. The summed E-state index contributed by atoms with van der Waals surface area (Å²) in [5.74, 6) is -0.996. The summed E-state index contributed by atoms with van der Waals surface area (Å²) in [6, 6.07) is 6.85. The summed E-state index contributed by atoms with van der Waals surface area (Å²) in [4.78, 5) is 10.4. The molecule has 1 aromatic carbocycles. The summed E-state index contributed by atoms with van der Waals surface area (Å²) >= 11 is 0. The van der Waals surface area contributed by atoms with Crippen LogP contribution in [-0.4, -0.2) is 23.2 Å². The lowest BCUT2D eigenvalue weighted by molar-refractivity contribution is -0.137. The molecule has 0 heterocycles. The van der Waals surface area contributed by atoms with E-state index < -0.39 is 5.97 Å². The average molecular weight is 253 g/mol. The van der Waals surface area contributed by atoms with Gasteiger partial charge in [0.25, 0.3) is 0 Å². The van der Waals surface area contributed by atoms with E-state index in [2.05, 4.69) is 5.32 Å². The molecule has 0 aliphatic carbocycles. The van der Waals surface area contributed by atoms with Gasteiger partial charge < -0.3 is 10.4 Å². The van der Waals surface area contributed by atoms with Gasteiger partial charge in [0.1, 0.15) is 5.82 Å². The molecule has 0 spiro atoms. The van der Waals surface area contributed by atoms with Crippen LogP contribution in [0, 0.1) is 5.82 Å². The number of benzene rings is 1. The Hall–Kier alpha value is -1.42. The number of halogens is 1. The monoisotopic (exact) mass is 253 g/mol. The molecule has 0 aliphatic rings. The van der Waals surface area contributed by atoms with E-state index in [1.54, 1.807) is 12.1 Å². The molecule has 0 fully saturated rings. The number of aliphatic carboxylic acids is 1. The smallest absolute Gasteiger partial charge is 0.303 e. The van der Waals surface area contributed by atoms with Crippen LogP contribution in [-0.2, 0) is 11.2 Å². The zero-order valence-corrected chi connectivity index (χ0v) is 10.8. The molecule has 1 aromatic rings. The van der Waals surface area contributed by atoms with Crippen molar-refractivity contribution < 1.29 is 14.3 Å². The first-order chi connectivity index (χ1) is 8.47. The van der Waals surface area contributed by atoms with Crippen LogP contribution in [0.1, 0.15) is 32.3 Å². The molecule has 0 bridgehead atoms. The first kappa shape index (κ1) is 14.6. The van der Waals surface area contributed by atoms with Crippen molar-refractivity contribution in [2.75, 3.05) is 0 Å². The lowest BCUT2D eigenvalue weighted by Crippen LogP contribution is -2.36. The molecular weight excluding hydrogens is 233 g/mol. The fourth-order valence-corrected chi connectivity index (χ4v) is 1.94. The third kappa shape index (κ3) is 5.77. The summed E-state index contributed by atoms with van der Waals surface area (Å²) in [6.45, 7) is 4.02. The van der Waals surface area contributed by atoms with Gasteiger partial charge in [-0.3, -0.25) is 4.79 Å². The number of carbonyl (C=O) groups is 1. The van der Waals surface area contributed by atoms with Crippen molar-refractivity contribution >= 4 is 5.97 Å². The Morgan fingerprint density at radius 1 is 1.28 bits per heavy atom. The quantitative estimate of drug-likeness (QED) is 0.785. The topological polar surface area (TPSA) is 49.3 Å². The van der Waals surface area contributed by atoms with Crippen LogP contribution >= 0.6 is 0 Å². The van der Waals surface area contributed by atoms with E-state index in [9.17, 15) is 9.18 Å². The van der Waals surface area contributed by atoms with E-state index in [4.69, 9.17) is 5.11 Å². The SMILES string of the molecule is CC(CCC(=O)O)NC(C)Cc1ccc(F)cc1. The van der Waals surface area contributed by atoms with Crippen molar-refractivity contribution in [1.29, 1.82) is 0 Å². The molecule has 2 N–H and O–H groups in total. The van der Waals surface area contributed by atoms with Gasteiger partial charge in [-0.25, -0.2) is 4.39 Å². The third-order valence-electron chi connectivity index (χ3n) is 2.82. The third-order valence-corrected chi connectivity index (χ3v) is 2.82. The summed E-state index contributed by atoms with van der Waals surface area (Å²) in [5, 5.41) is 11.9. The van der Waals surface area contributed by atoms with Crippen molar-refractivity contribution in [3.05, 3.63) is 35.6 Å². The molecule has 2 unspecified atom stereocenters. The molecule has 0 radical (unpaired) electrons. The van der Waals surface area contributed by atoms with Crippen molar-refractivity contribution in [2.45, 2.75) is 45.2 Å². The molecule has 0 saturated heterocycles. The summed E-state index contributed by atoms with van der Waals surface area (Å²) in [5.41, 5.74) is 1.07. The maximum absolute atomic E-state index is 12.7.